The molecule has 0 saturated heterocycles. The third-order valence-electron chi connectivity index (χ3n) is 3.29. The van der Waals surface area contributed by atoms with Crippen LogP contribution in [0.25, 0.3) is 0 Å². The molecule has 0 amide bonds. The highest BCUT2D eigenvalue weighted by atomic mass is 16.5. The molecule has 1 fully saturated rings. The quantitative estimate of drug-likeness (QED) is 0.793. The molecule has 2 rings (SSSR count). The maximum Gasteiger partial charge on any atom is 0.119 e. The molecule has 16 heavy (non-hydrogen) atoms. The number of rotatable bonds is 6. The largest absolute Gasteiger partial charge is 0.497 e. The normalized spacial score (nSPS) is 17.1. The Hall–Kier alpha value is -1.02. The Bertz CT molecular complexity index is 333. The molecule has 2 heteroatoms. The van der Waals surface area contributed by atoms with Crippen molar-refractivity contribution < 1.29 is 4.74 Å². The van der Waals surface area contributed by atoms with Gasteiger partial charge in [0.15, 0.2) is 0 Å². The van der Waals surface area contributed by atoms with E-state index in [4.69, 9.17) is 4.74 Å². The van der Waals surface area contributed by atoms with E-state index in [2.05, 4.69) is 24.4 Å². The van der Waals surface area contributed by atoms with Crippen molar-refractivity contribution in [3.05, 3.63) is 29.8 Å². The first-order valence-electron chi connectivity index (χ1n) is 6.17. The van der Waals surface area contributed by atoms with Gasteiger partial charge >= 0.3 is 0 Å². The second-order valence-corrected chi connectivity index (χ2v) is 4.68. The van der Waals surface area contributed by atoms with E-state index in [0.29, 0.717) is 6.04 Å². The number of benzene rings is 1. The average molecular weight is 219 g/mol. The van der Waals surface area contributed by atoms with Gasteiger partial charge < -0.3 is 10.1 Å². The van der Waals surface area contributed by atoms with Crippen LogP contribution in [0.1, 0.15) is 37.8 Å². The fourth-order valence-corrected chi connectivity index (χ4v) is 1.94. The van der Waals surface area contributed by atoms with Crippen molar-refractivity contribution in [2.24, 2.45) is 5.92 Å². The van der Waals surface area contributed by atoms with Crippen molar-refractivity contribution in [1.82, 2.24) is 5.32 Å². The zero-order valence-electron chi connectivity index (χ0n) is 10.2. The predicted molar refractivity (Wildman–Crippen MR) is 66.8 cm³/mol. The van der Waals surface area contributed by atoms with E-state index in [-0.39, 0.29) is 0 Å². The first-order valence-corrected chi connectivity index (χ1v) is 6.17. The molecule has 0 aromatic heterocycles. The molecule has 0 unspecified atom stereocenters. The van der Waals surface area contributed by atoms with Gasteiger partial charge in [0.1, 0.15) is 5.75 Å². The van der Waals surface area contributed by atoms with Crippen molar-refractivity contribution in [3.63, 3.8) is 0 Å². The second-order valence-electron chi connectivity index (χ2n) is 4.68. The summed E-state index contributed by atoms with van der Waals surface area (Å²) in [5, 5.41) is 3.57. The van der Waals surface area contributed by atoms with E-state index in [1.165, 1.54) is 24.8 Å². The molecule has 1 aromatic carbocycles. The Morgan fingerprint density at radius 3 is 2.94 bits per heavy atom. The number of hydrogen-bond acceptors (Lipinski definition) is 2. The van der Waals surface area contributed by atoms with Crippen molar-refractivity contribution >= 4 is 0 Å². The van der Waals surface area contributed by atoms with Crippen LogP contribution in [0.3, 0.4) is 0 Å². The Labute approximate surface area is 98.0 Å². The van der Waals surface area contributed by atoms with Gasteiger partial charge in [-0.2, -0.15) is 0 Å². The lowest BCUT2D eigenvalue weighted by molar-refractivity contribution is 0.413. The van der Waals surface area contributed by atoms with Crippen LogP contribution in [0.15, 0.2) is 24.3 Å². The van der Waals surface area contributed by atoms with Crippen molar-refractivity contribution in [2.45, 2.75) is 32.2 Å². The van der Waals surface area contributed by atoms with Crippen molar-refractivity contribution in [1.29, 1.82) is 0 Å². The van der Waals surface area contributed by atoms with Gasteiger partial charge in [-0.15, -0.1) is 0 Å². The highest BCUT2D eigenvalue weighted by Gasteiger charge is 2.20. The summed E-state index contributed by atoms with van der Waals surface area (Å²) in [5.41, 5.74) is 1.30. The summed E-state index contributed by atoms with van der Waals surface area (Å²) in [6, 6.07) is 8.70. The van der Waals surface area contributed by atoms with E-state index in [1.54, 1.807) is 7.11 Å². The molecule has 1 atom stereocenters. The van der Waals surface area contributed by atoms with Crippen molar-refractivity contribution in [2.75, 3.05) is 13.7 Å². The van der Waals surface area contributed by atoms with Crippen LogP contribution in [0.2, 0.25) is 0 Å². The van der Waals surface area contributed by atoms with Gasteiger partial charge in [-0.05, 0) is 43.5 Å². The van der Waals surface area contributed by atoms with Crippen LogP contribution in [-0.2, 0) is 0 Å². The highest BCUT2D eigenvalue weighted by Crippen LogP contribution is 2.32. The summed E-state index contributed by atoms with van der Waals surface area (Å²) in [6.45, 7) is 3.34. The lowest BCUT2D eigenvalue weighted by Gasteiger charge is -2.14. The topological polar surface area (TPSA) is 21.3 Å². The minimum Gasteiger partial charge on any atom is -0.497 e. The van der Waals surface area contributed by atoms with Crippen LogP contribution in [-0.4, -0.2) is 13.7 Å². The third kappa shape index (κ3) is 3.24. The zero-order valence-corrected chi connectivity index (χ0v) is 10.2. The summed E-state index contributed by atoms with van der Waals surface area (Å²) in [7, 11) is 1.71. The first-order chi connectivity index (χ1) is 7.79. The molecular weight excluding hydrogens is 198 g/mol. The summed E-state index contributed by atoms with van der Waals surface area (Å²) in [4.78, 5) is 0. The van der Waals surface area contributed by atoms with Crippen molar-refractivity contribution in [3.8, 4) is 5.75 Å². The van der Waals surface area contributed by atoms with Gasteiger partial charge in [-0.1, -0.05) is 25.0 Å². The molecule has 88 valence electrons. The monoisotopic (exact) mass is 219 g/mol. The van der Waals surface area contributed by atoms with Crippen LogP contribution in [0, 0.1) is 5.92 Å². The summed E-state index contributed by atoms with van der Waals surface area (Å²) >= 11 is 0. The van der Waals surface area contributed by atoms with Crippen LogP contribution in [0.4, 0.5) is 0 Å². The molecule has 1 saturated carbocycles. The molecule has 1 aliphatic rings. The smallest absolute Gasteiger partial charge is 0.119 e. The molecule has 2 nitrogen and oxygen atoms in total. The maximum absolute atomic E-state index is 5.23. The molecule has 0 spiro atoms. The van der Waals surface area contributed by atoms with E-state index in [1.807, 2.05) is 12.1 Å². The Morgan fingerprint density at radius 2 is 2.25 bits per heavy atom. The van der Waals surface area contributed by atoms with Crippen LogP contribution < -0.4 is 10.1 Å². The standard InChI is InChI=1S/C14H21NO/c1-11(15-9-8-12-6-7-12)13-4-3-5-14(10-13)16-2/h3-5,10-12,15H,6-9H2,1-2H3/t11-/m1/s1. The Morgan fingerprint density at radius 1 is 1.44 bits per heavy atom. The fourth-order valence-electron chi connectivity index (χ4n) is 1.94. The van der Waals surface area contributed by atoms with E-state index in [0.717, 1.165) is 18.2 Å². The number of nitrogens with one attached hydrogen (secondary N) is 1. The summed E-state index contributed by atoms with van der Waals surface area (Å²) < 4.78 is 5.23. The van der Waals surface area contributed by atoms with Crippen LogP contribution >= 0.6 is 0 Å². The average Bonchev–Trinajstić information content (AvgIpc) is 3.13. The number of ether oxygens (including phenoxy) is 1. The third-order valence-corrected chi connectivity index (χ3v) is 3.29. The lowest BCUT2D eigenvalue weighted by atomic mass is 10.1. The number of methoxy groups -OCH3 is 1. The molecular formula is C14H21NO. The lowest BCUT2D eigenvalue weighted by Crippen LogP contribution is -2.20. The van der Waals surface area contributed by atoms with Gasteiger partial charge in [0, 0.05) is 6.04 Å². The molecule has 0 aliphatic heterocycles. The highest BCUT2D eigenvalue weighted by molar-refractivity contribution is 5.30. The summed E-state index contributed by atoms with van der Waals surface area (Å²) in [6.07, 6.45) is 4.21. The van der Waals surface area contributed by atoms with Gasteiger partial charge in [0.2, 0.25) is 0 Å². The predicted octanol–water partition coefficient (Wildman–Crippen LogP) is 3.15. The van der Waals surface area contributed by atoms with E-state index < -0.39 is 0 Å². The van der Waals surface area contributed by atoms with Gasteiger partial charge in [0.25, 0.3) is 0 Å². The minimum absolute atomic E-state index is 0.411. The Kier molecular flexibility index (Phi) is 3.83. The molecule has 0 bridgehead atoms. The first kappa shape index (κ1) is 11.5. The molecule has 0 radical (unpaired) electrons. The number of hydrogen-bond donors (Lipinski definition) is 1. The fraction of sp³-hybridized carbons (Fsp3) is 0.571. The Balaban J connectivity index is 1.83. The molecule has 0 heterocycles. The summed E-state index contributed by atoms with van der Waals surface area (Å²) in [5.74, 6) is 1.94. The maximum atomic E-state index is 5.23. The van der Waals surface area contributed by atoms with E-state index in [9.17, 15) is 0 Å². The minimum atomic E-state index is 0.411. The van der Waals surface area contributed by atoms with Gasteiger partial charge in [0.05, 0.1) is 7.11 Å². The molecule has 1 N–H and O–H groups in total. The SMILES string of the molecule is COc1cccc([C@@H](C)NCCC2CC2)c1. The second kappa shape index (κ2) is 5.35. The van der Waals surface area contributed by atoms with E-state index >= 15 is 0 Å². The van der Waals surface area contributed by atoms with Gasteiger partial charge in [-0.25, -0.2) is 0 Å². The van der Waals surface area contributed by atoms with Gasteiger partial charge in [-0.3, -0.25) is 0 Å². The zero-order chi connectivity index (χ0) is 11.4. The molecule has 1 aromatic rings. The van der Waals surface area contributed by atoms with Crippen LogP contribution in [0.5, 0.6) is 5.75 Å². The molecule has 1 aliphatic carbocycles.